The Morgan fingerprint density at radius 3 is 2.38 bits per heavy atom. The fraction of sp³-hybridized carbons (Fsp3) is 0.404. The van der Waals surface area contributed by atoms with Crippen molar-refractivity contribution in [2.45, 2.75) is 83.7 Å². The molecule has 2 amide bonds. The number of ketones is 1. The number of H-pyrrole nitrogens is 1. The summed E-state index contributed by atoms with van der Waals surface area (Å²) in [7, 11) is -4.37. The fourth-order valence-electron chi connectivity index (χ4n) is 10.7. The molecular formula is C57H63F3N10O8S2. The predicted molar refractivity (Wildman–Crippen MR) is 297 cm³/mol. The monoisotopic (exact) mass is 1140 g/mol. The van der Waals surface area contributed by atoms with Crippen molar-refractivity contribution in [2.75, 3.05) is 68.6 Å². The molecule has 18 nitrogen and oxygen atoms in total. The van der Waals surface area contributed by atoms with Crippen molar-refractivity contribution in [3.63, 3.8) is 0 Å². The first-order valence-electron chi connectivity index (χ1n) is 26.8. The van der Waals surface area contributed by atoms with Crippen LogP contribution in [0.1, 0.15) is 91.4 Å². The van der Waals surface area contributed by atoms with Crippen LogP contribution in [0.2, 0.25) is 0 Å². The Morgan fingerprint density at radius 1 is 0.925 bits per heavy atom. The van der Waals surface area contributed by atoms with Gasteiger partial charge in [-0.3, -0.25) is 24.0 Å². The number of β-amino-alcohol motifs (C(OH)–C–C–N with tert-alkyl or cyclic N) is 1. The van der Waals surface area contributed by atoms with E-state index in [0.29, 0.717) is 29.0 Å². The molecule has 4 N–H and O–H groups in total. The molecule has 3 aliphatic rings. The molecule has 0 spiro atoms. The number of nitrogens with zero attached hydrogens (tertiary/aromatic N) is 7. The minimum Gasteiger partial charge on any atom is -0.476 e. The van der Waals surface area contributed by atoms with Crippen molar-refractivity contribution in [2.24, 2.45) is 5.92 Å². The highest BCUT2D eigenvalue weighted by Crippen LogP contribution is 2.35. The van der Waals surface area contributed by atoms with Gasteiger partial charge in [-0.1, -0.05) is 50.2 Å². The number of alkyl halides is 1. The number of unbranched alkanes of at least 4 members (excludes halogenated alkanes) is 1. The normalized spacial score (nSPS) is 19.0. The van der Waals surface area contributed by atoms with Gasteiger partial charge in [0.25, 0.3) is 5.88 Å². The smallest absolute Gasteiger partial charge is 0.301 e. The number of anilines is 2. The maximum absolute atomic E-state index is 15.8. The zero-order valence-corrected chi connectivity index (χ0v) is 46.3. The van der Waals surface area contributed by atoms with E-state index in [2.05, 4.69) is 35.2 Å². The van der Waals surface area contributed by atoms with E-state index in [1.807, 2.05) is 86.5 Å². The van der Waals surface area contributed by atoms with Crippen molar-refractivity contribution in [1.82, 2.24) is 39.5 Å². The largest absolute Gasteiger partial charge is 0.476 e. The lowest BCUT2D eigenvalue weighted by molar-refractivity contribution is -0.141. The van der Waals surface area contributed by atoms with Gasteiger partial charge in [-0.05, 0) is 97.8 Å². The Morgan fingerprint density at radius 2 is 1.68 bits per heavy atom. The lowest BCUT2D eigenvalue weighted by atomic mass is 9.91. The van der Waals surface area contributed by atoms with Crippen LogP contribution in [0.25, 0.3) is 32.6 Å². The minimum atomic E-state index is -4.37. The summed E-state index contributed by atoms with van der Waals surface area (Å²) in [6, 6.07) is 19.7. The highest BCUT2D eigenvalue weighted by Gasteiger charge is 2.44. The Kier molecular flexibility index (Phi) is 16.7. The second kappa shape index (κ2) is 23.9. The second-order valence-electron chi connectivity index (χ2n) is 21.0. The number of ether oxygens (including phenoxy) is 1. The number of aliphatic hydroxyl groups excluding tert-OH is 1. The highest BCUT2D eigenvalue weighted by atomic mass is 32.2. The standard InChI is InChI=1S/C57H63F3N10O8S2/c1-33(2)50(57(74)70-31-42(71)26-47(70)56(73)64-34(3)36-7-9-38(10-8-36)54-35(4)63-32-79-54)48-27-49(65-78-48)77-24-6-5-18-67-20-22-68(23-21-67)41-13-11-37(12-14-41)39-25-43-44(29-62-55(43)61-28-39)53(72)51-45(59)15-16-46(52(51)60)66-80(75,76)69-19-17-40(58)30-69/h7-16,25,27-29,32-34,40,42,47,50,66,71H,5-6,17-24,26,30-31H2,1-4H3,(H,61,62)(H,64,73)/t34-,40+,42+,47-,50-/m0/s1. The number of carbonyl (C=O) groups excluding carboxylic acids is 3. The van der Waals surface area contributed by atoms with Crippen LogP contribution in [-0.4, -0.2) is 143 Å². The molecule has 80 heavy (non-hydrogen) atoms. The second-order valence-corrected chi connectivity index (χ2v) is 23.5. The van der Waals surface area contributed by atoms with E-state index in [1.54, 1.807) is 29.7 Å². The number of likely N-dealkylation sites (tertiary alicyclic amines) is 1. The number of rotatable bonds is 20. The van der Waals surface area contributed by atoms with E-state index in [-0.39, 0.29) is 61.1 Å². The van der Waals surface area contributed by atoms with E-state index in [0.717, 1.165) is 95.0 Å². The average molecular weight is 1140 g/mol. The predicted octanol–water partition coefficient (Wildman–Crippen LogP) is 8.42. The molecule has 23 heteroatoms. The van der Waals surface area contributed by atoms with Gasteiger partial charge < -0.3 is 34.5 Å². The summed E-state index contributed by atoms with van der Waals surface area (Å²) in [6.45, 7) is 11.8. The van der Waals surface area contributed by atoms with Crippen molar-refractivity contribution >= 4 is 61.6 Å². The quantitative estimate of drug-likeness (QED) is 0.0417. The van der Waals surface area contributed by atoms with E-state index in [9.17, 15) is 32.3 Å². The number of pyridine rings is 1. The molecule has 3 aromatic carbocycles. The summed E-state index contributed by atoms with van der Waals surface area (Å²) in [5.41, 5.74) is 5.90. The molecule has 0 unspecified atom stereocenters. The zero-order chi connectivity index (χ0) is 56.4. The molecule has 7 aromatic rings. The van der Waals surface area contributed by atoms with Gasteiger partial charge >= 0.3 is 10.2 Å². The van der Waals surface area contributed by atoms with Crippen molar-refractivity contribution < 1.29 is 50.3 Å². The number of hydrogen-bond donors (Lipinski definition) is 4. The SMILES string of the molecule is Cc1ncsc1-c1ccc([C@H](C)NC(=O)[C@@H]2C[C@@H](O)CN2C(=O)[C@H](c2cc(OCCCCN3CCN(c4ccc(-c5cnc6[nH]cc(C(=O)c7c(F)ccc(NS(=O)(=O)N8CC[C@@H](F)C8)c7F)c6c5)cc4)CC3)no2)C(C)C)cc1. The van der Waals surface area contributed by atoms with Crippen molar-refractivity contribution in [1.29, 1.82) is 0 Å². The third kappa shape index (κ3) is 12.1. The molecule has 10 rings (SSSR count). The molecule has 4 aromatic heterocycles. The number of nitrogens with one attached hydrogen (secondary N) is 3. The third-order valence-corrected chi connectivity index (χ3v) is 17.7. The highest BCUT2D eigenvalue weighted by molar-refractivity contribution is 7.90. The van der Waals surface area contributed by atoms with Crippen LogP contribution in [0.15, 0.2) is 95.2 Å². The number of aryl methyl sites for hydroxylation is 1. The van der Waals surface area contributed by atoms with E-state index < -0.39 is 69.7 Å². The van der Waals surface area contributed by atoms with Gasteiger partial charge in [-0.15, -0.1) is 11.3 Å². The van der Waals surface area contributed by atoms with Gasteiger partial charge in [0.05, 0.1) is 46.1 Å². The van der Waals surface area contributed by atoms with Gasteiger partial charge in [-0.25, -0.2) is 23.1 Å². The lowest BCUT2D eigenvalue weighted by Crippen LogP contribution is -2.48. The van der Waals surface area contributed by atoms with Crippen LogP contribution < -0.4 is 19.7 Å². The van der Waals surface area contributed by atoms with E-state index in [1.165, 1.54) is 11.1 Å². The summed E-state index contributed by atoms with van der Waals surface area (Å²) in [4.78, 5) is 60.7. The molecule has 0 bridgehead atoms. The summed E-state index contributed by atoms with van der Waals surface area (Å²) in [6.07, 6.45) is 2.50. The van der Waals surface area contributed by atoms with Gasteiger partial charge in [-0.2, -0.15) is 12.7 Å². The number of hydrogen-bond acceptors (Lipinski definition) is 14. The molecule has 5 atom stereocenters. The lowest BCUT2D eigenvalue weighted by Gasteiger charge is -2.36. The molecule has 0 saturated carbocycles. The molecule has 7 heterocycles. The number of amides is 2. The Hall–Kier alpha value is -7.18. The third-order valence-electron chi connectivity index (χ3n) is 15.2. The summed E-state index contributed by atoms with van der Waals surface area (Å²) < 4.78 is 85.0. The summed E-state index contributed by atoms with van der Waals surface area (Å²) in [5.74, 6) is -4.60. The molecule has 0 aliphatic carbocycles. The maximum atomic E-state index is 15.8. The number of halogens is 3. The van der Waals surface area contributed by atoms with Crippen LogP contribution in [0.3, 0.4) is 0 Å². The van der Waals surface area contributed by atoms with Crippen molar-refractivity contribution in [3.8, 4) is 27.4 Å². The zero-order valence-electron chi connectivity index (χ0n) is 44.7. The number of aromatic amines is 1. The van der Waals surface area contributed by atoms with E-state index >= 15 is 8.78 Å². The van der Waals surface area contributed by atoms with Gasteiger partial charge in [0.2, 0.25) is 17.6 Å². The molecule has 0 radical (unpaired) electrons. The molecular weight excluding hydrogens is 1070 g/mol. The van der Waals surface area contributed by atoms with Crippen LogP contribution in [0, 0.1) is 24.5 Å². The molecule has 3 saturated heterocycles. The molecule has 3 aliphatic heterocycles. The Labute approximate surface area is 465 Å². The summed E-state index contributed by atoms with van der Waals surface area (Å²) in [5, 5.41) is 18.2. The number of benzene rings is 3. The Bertz CT molecular complexity index is 3480. The number of thiazole rings is 1. The number of piperazine rings is 1. The van der Waals surface area contributed by atoms with E-state index in [4.69, 9.17) is 9.26 Å². The van der Waals surface area contributed by atoms with Gasteiger partial charge in [0.1, 0.15) is 29.6 Å². The van der Waals surface area contributed by atoms with Gasteiger partial charge in [0.15, 0.2) is 11.6 Å². The molecule has 3 fully saturated rings. The first-order chi connectivity index (χ1) is 38.4. The fourth-order valence-corrected chi connectivity index (χ4v) is 12.8. The average Bonchev–Trinajstić information content (AvgIpc) is 4.38. The number of carbonyl (C=O) groups is 3. The van der Waals surface area contributed by atoms with Crippen LogP contribution in [0.4, 0.5) is 24.5 Å². The Balaban J connectivity index is 0.678. The topological polar surface area (TPSA) is 219 Å². The van der Waals surface area contributed by atoms with Gasteiger partial charge in [0, 0.05) is 92.9 Å². The van der Waals surface area contributed by atoms with Crippen molar-refractivity contribution in [3.05, 3.63) is 130 Å². The minimum absolute atomic E-state index is 0.00494. The maximum Gasteiger partial charge on any atom is 0.301 e. The number of aromatic nitrogens is 4. The molecule has 422 valence electrons. The number of aliphatic hydroxyl groups is 1. The van der Waals surface area contributed by atoms with Crippen LogP contribution in [0.5, 0.6) is 5.88 Å². The first kappa shape index (κ1) is 56.1. The van der Waals surface area contributed by atoms with Crippen LogP contribution in [-0.2, 0) is 19.8 Å². The first-order valence-corrected chi connectivity index (χ1v) is 29.1. The number of fused-ring (bicyclic) bond motifs is 1. The summed E-state index contributed by atoms with van der Waals surface area (Å²) >= 11 is 1.58. The van der Waals surface area contributed by atoms with Crippen LogP contribution >= 0.6 is 11.3 Å².